The van der Waals surface area contributed by atoms with Gasteiger partial charge in [0.1, 0.15) is 12.4 Å². The Morgan fingerprint density at radius 1 is 1.25 bits per heavy atom. The minimum atomic E-state index is 0.183. The maximum Gasteiger partial charge on any atom is 0.227 e. The first-order chi connectivity index (χ1) is 11.6. The highest BCUT2D eigenvalue weighted by Crippen LogP contribution is 2.26. The number of halogens is 1. The molecule has 3 rings (SSSR count). The lowest BCUT2D eigenvalue weighted by Crippen LogP contribution is -2.34. The molecule has 4 heteroatoms. The van der Waals surface area contributed by atoms with Gasteiger partial charge >= 0.3 is 0 Å². The van der Waals surface area contributed by atoms with E-state index >= 15 is 0 Å². The number of ether oxygens (including phenoxy) is 1. The Morgan fingerprint density at radius 3 is 2.75 bits per heavy atom. The number of hydrogen-bond acceptors (Lipinski definition) is 2. The number of amides is 1. The van der Waals surface area contributed by atoms with Crippen molar-refractivity contribution in [2.75, 3.05) is 6.54 Å². The van der Waals surface area contributed by atoms with Crippen LogP contribution in [0.25, 0.3) is 0 Å². The summed E-state index contributed by atoms with van der Waals surface area (Å²) in [5.74, 6) is 0.963. The molecule has 126 valence electrons. The summed E-state index contributed by atoms with van der Waals surface area (Å²) >= 11 is 3.50. The smallest absolute Gasteiger partial charge is 0.227 e. The summed E-state index contributed by atoms with van der Waals surface area (Å²) in [4.78, 5) is 14.6. The molecule has 0 aromatic heterocycles. The van der Waals surface area contributed by atoms with Crippen LogP contribution in [-0.4, -0.2) is 23.4 Å². The van der Waals surface area contributed by atoms with Gasteiger partial charge in [0.05, 0.1) is 6.42 Å². The summed E-state index contributed by atoms with van der Waals surface area (Å²) in [6.07, 6.45) is 2.58. The Hall–Kier alpha value is -1.81. The van der Waals surface area contributed by atoms with Gasteiger partial charge in [-0.15, -0.1) is 0 Å². The maximum absolute atomic E-state index is 12.6. The van der Waals surface area contributed by atoms with Crippen molar-refractivity contribution >= 4 is 21.8 Å². The second-order valence-electron chi connectivity index (χ2n) is 6.28. The van der Waals surface area contributed by atoms with Crippen LogP contribution in [0.2, 0.25) is 0 Å². The van der Waals surface area contributed by atoms with Crippen molar-refractivity contribution in [1.29, 1.82) is 0 Å². The molecule has 2 aromatic carbocycles. The number of hydrogen-bond donors (Lipinski definition) is 0. The molecule has 24 heavy (non-hydrogen) atoms. The molecule has 0 radical (unpaired) electrons. The van der Waals surface area contributed by atoms with Gasteiger partial charge in [-0.25, -0.2) is 0 Å². The highest BCUT2D eigenvalue weighted by atomic mass is 79.9. The number of carbonyl (C=O) groups excluding carboxylic acids is 1. The predicted molar refractivity (Wildman–Crippen MR) is 99.0 cm³/mol. The lowest BCUT2D eigenvalue weighted by molar-refractivity contribution is -0.131. The van der Waals surface area contributed by atoms with E-state index in [4.69, 9.17) is 4.74 Å². The summed E-state index contributed by atoms with van der Waals surface area (Å²) in [5, 5.41) is 0. The van der Waals surface area contributed by atoms with Crippen molar-refractivity contribution in [3.05, 3.63) is 64.1 Å². The largest absolute Gasteiger partial charge is 0.489 e. The second kappa shape index (κ2) is 7.84. The third kappa shape index (κ3) is 4.18. The monoisotopic (exact) mass is 387 g/mol. The van der Waals surface area contributed by atoms with E-state index < -0.39 is 0 Å². The Morgan fingerprint density at radius 2 is 2.04 bits per heavy atom. The molecule has 2 aromatic rings. The summed E-state index contributed by atoms with van der Waals surface area (Å²) < 4.78 is 6.94. The fraction of sp³-hybridized carbons (Fsp3) is 0.350. The van der Waals surface area contributed by atoms with Gasteiger partial charge in [-0.1, -0.05) is 46.3 Å². The fourth-order valence-electron chi connectivity index (χ4n) is 3.13. The first-order valence-corrected chi connectivity index (χ1v) is 9.17. The highest BCUT2D eigenvalue weighted by Gasteiger charge is 2.25. The number of carbonyl (C=O) groups is 1. The molecular formula is C20H22BrNO2. The van der Waals surface area contributed by atoms with Crippen LogP contribution in [0.15, 0.2) is 53.0 Å². The molecule has 0 aliphatic carbocycles. The van der Waals surface area contributed by atoms with E-state index in [1.165, 1.54) is 0 Å². The minimum Gasteiger partial charge on any atom is -0.489 e. The molecule has 1 aliphatic rings. The van der Waals surface area contributed by atoms with E-state index in [9.17, 15) is 4.79 Å². The van der Waals surface area contributed by atoms with Crippen LogP contribution in [0, 0.1) is 0 Å². The number of rotatable bonds is 5. The molecular weight excluding hydrogens is 366 g/mol. The molecule has 3 nitrogen and oxygen atoms in total. The molecule has 0 bridgehead atoms. The van der Waals surface area contributed by atoms with E-state index in [0.29, 0.717) is 19.1 Å². The Kier molecular flexibility index (Phi) is 5.56. The van der Waals surface area contributed by atoms with Gasteiger partial charge in [0.2, 0.25) is 5.91 Å². The van der Waals surface area contributed by atoms with Gasteiger partial charge in [-0.05, 0) is 43.5 Å². The van der Waals surface area contributed by atoms with Gasteiger partial charge in [0.25, 0.3) is 0 Å². The second-order valence-corrected chi connectivity index (χ2v) is 7.20. The Labute approximate surface area is 151 Å². The van der Waals surface area contributed by atoms with E-state index in [1.807, 2.05) is 53.4 Å². The molecule has 0 unspecified atom stereocenters. The molecule has 1 heterocycles. The van der Waals surface area contributed by atoms with E-state index in [0.717, 1.165) is 40.7 Å². The SMILES string of the molecule is C[C@@H]1CCCN1C(=O)Cc1cc(Br)ccc1OCc1ccccc1. The molecule has 1 fully saturated rings. The zero-order valence-corrected chi connectivity index (χ0v) is 15.5. The van der Waals surface area contributed by atoms with Crippen molar-refractivity contribution in [2.45, 2.75) is 38.8 Å². The van der Waals surface area contributed by atoms with Crippen LogP contribution in [0.5, 0.6) is 5.75 Å². The van der Waals surface area contributed by atoms with Gasteiger partial charge < -0.3 is 9.64 Å². The van der Waals surface area contributed by atoms with E-state index in [1.54, 1.807) is 0 Å². The van der Waals surface area contributed by atoms with E-state index in [-0.39, 0.29) is 5.91 Å². The summed E-state index contributed by atoms with van der Waals surface area (Å²) in [6.45, 7) is 3.50. The van der Waals surface area contributed by atoms with Crippen LogP contribution in [-0.2, 0) is 17.8 Å². The van der Waals surface area contributed by atoms with Crippen molar-refractivity contribution in [3.63, 3.8) is 0 Å². The zero-order chi connectivity index (χ0) is 16.9. The van der Waals surface area contributed by atoms with E-state index in [2.05, 4.69) is 22.9 Å². The van der Waals surface area contributed by atoms with Crippen LogP contribution in [0.3, 0.4) is 0 Å². The third-order valence-corrected chi connectivity index (χ3v) is 4.97. The van der Waals surface area contributed by atoms with Crippen molar-refractivity contribution in [3.8, 4) is 5.75 Å². The quantitative estimate of drug-likeness (QED) is 0.750. The molecule has 1 aliphatic heterocycles. The molecule has 0 N–H and O–H groups in total. The first-order valence-electron chi connectivity index (χ1n) is 8.38. The minimum absolute atomic E-state index is 0.183. The zero-order valence-electron chi connectivity index (χ0n) is 13.9. The lowest BCUT2D eigenvalue weighted by Gasteiger charge is -2.22. The molecule has 1 amide bonds. The van der Waals surface area contributed by atoms with Crippen molar-refractivity contribution in [1.82, 2.24) is 4.90 Å². The summed E-state index contributed by atoms with van der Waals surface area (Å²) in [6, 6.07) is 16.3. The molecule has 1 atom stereocenters. The van der Waals surface area contributed by atoms with Crippen LogP contribution in [0.4, 0.5) is 0 Å². The Balaban J connectivity index is 1.72. The summed E-state index contributed by atoms with van der Waals surface area (Å²) in [7, 11) is 0. The first kappa shape index (κ1) is 17.0. The standard InChI is InChI=1S/C20H22BrNO2/c1-15-6-5-11-22(15)20(23)13-17-12-18(21)9-10-19(17)24-14-16-7-3-2-4-8-16/h2-4,7-10,12,15H,5-6,11,13-14H2,1H3/t15-/m1/s1. The topological polar surface area (TPSA) is 29.5 Å². The van der Waals surface area contributed by atoms with Crippen molar-refractivity contribution < 1.29 is 9.53 Å². The summed E-state index contributed by atoms with van der Waals surface area (Å²) in [5.41, 5.74) is 2.05. The average molecular weight is 388 g/mol. The van der Waals surface area contributed by atoms with Crippen molar-refractivity contribution in [2.24, 2.45) is 0 Å². The predicted octanol–water partition coefficient (Wildman–Crippen LogP) is 4.58. The van der Waals surface area contributed by atoms with Gasteiger partial charge in [0.15, 0.2) is 0 Å². The third-order valence-electron chi connectivity index (χ3n) is 4.47. The number of benzene rings is 2. The normalized spacial score (nSPS) is 17.1. The maximum atomic E-state index is 12.6. The number of nitrogens with zero attached hydrogens (tertiary/aromatic N) is 1. The van der Waals surface area contributed by atoms with Gasteiger partial charge in [-0.3, -0.25) is 4.79 Å². The van der Waals surface area contributed by atoms with Crippen LogP contribution < -0.4 is 4.74 Å². The highest BCUT2D eigenvalue weighted by molar-refractivity contribution is 9.10. The van der Waals surface area contributed by atoms with Gasteiger partial charge in [-0.2, -0.15) is 0 Å². The lowest BCUT2D eigenvalue weighted by atomic mass is 10.1. The van der Waals surface area contributed by atoms with Crippen LogP contribution >= 0.6 is 15.9 Å². The molecule has 0 saturated carbocycles. The number of likely N-dealkylation sites (tertiary alicyclic amines) is 1. The fourth-order valence-corrected chi connectivity index (χ4v) is 3.54. The van der Waals surface area contributed by atoms with Crippen LogP contribution in [0.1, 0.15) is 30.9 Å². The molecule has 0 spiro atoms. The van der Waals surface area contributed by atoms with Gasteiger partial charge in [0, 0.05) is 22.6 Å². The Bertz CT molecular complexity index is 702. The molecule has 1 saturated heterocycles. The average Bonchev–Trinajstić information content (AvgIpc) is 3.01.